The molecule has 2 N–H and O–H groups in total. The Hall–Kier alpha value is -2.25. The molecule has 7 heteroatoms. The Morgan fingerprint density at radius 3 is 2.96 bits per heavy atom. The molecule has 2 saturated heterocycles. The normalized spacial score (nSPS) is 25.0. The minimum atomic E-state index is -0.570. The van der Waals surface area contributed by atoms with E-state index >= 15 is 0 Å². The highest BCUT2D eigenvalue weighted by Crippen LogP contribution is 2.39. The summed E-state index contributed by atoms with van der Waals surface area (Å²) < 4.78 is 0. The van der Waals surface area contributed by atoms with Crippen LogP contribution < -0.4 is 10.6 Å². The summed E-state index contributed by atoms with van der Waals surface area (Å²) in [5, 5.41) is 6.23. The third-order valence-electron chi connectivity index (χ3n) is 6.00. The first-order valence-electron chi connectivity index (χ1n) is 9.80. The van der Waals surface area contributed by atoms with Crippen molar-refractivity contribution in [2.75, 3.05) is 13.1 Å². The zero-order chi connectivity index (χ0) is 19.6. The monoisotopic (exact) mass is 398 g/mol. The summed E-state index contributed by atoms with van der Waals surface area (Å²) >= 11 is 1.66. The third kappa shape index (κ3) is 3.82. The van der Waals surface area contributed by atoms with Gasteiger partial charge in [0.25, 0.3) is 0 Å². The van der Waals surface area contributed by atoms with Gasteiger partial charge in [-0.05, 0) is 25.3 Å². The largest absolute Gasteiger partial charge is 0.352 e. The van der Waals surface area contributed by atoms with Gasteiger partial charge >= 0.3 is 0 Å². The first-order valence-corrected chi connectivity index (χ1v) is 10.7. The van der Waals surface area contributed by atoms with Gasteiger partial charge in [0, 0.05) is 43.5 Å². The summed E-state index contributed by atoms with van der Waals surface area (Å²) in [5.41, 5.74) is 3.45. The minimum absolute atomic E-state index is 0.0482. The molecule has 3 heterocycles. The van der Waals surface area contributed by atoms with Crippen molar-refractivity contribution in [3.05, 3.63) is 52.0 Å². The van der Waals surface area contributed by atoms with Crippen molar-refractivity contribution in [1.82, 2.24) is 20.5 Å². The number of aryl methyl sites for hydroxylation is 1. The molecule has 0 radical (unpaired) electrons. The number of aromatic nitrogens is 1. The number of carbonyl (C=O) groups is 2. The second-order valence-electron chi connectivity index (χ2n) is 7.80. The lowest BCUT2D eigenvalue weighted by Crippen LogP contribution is -2.66. The summed E-state index contributed by atoms with van der Waals surface area (Å²) in [7, 11) is 0. The highest BCUT2D eigenvalue weighted by Gasteiger charge is 2.51. The number of hydrogen-bond donors (Lipinski definition) is 2. The molecule has 2 aromatic rings. The maximum absolute atomic E-state index is 13.4. The number of benzene rings is 1. The standard InChI is InChI=1S/C21H26N4O2S/c1-15-17(28-14-23-15)12-25-10-8-18-21(13-25,9-7-19(26)24-18)20(27)22-11-16-5-3-2-4-6-16/h2-6,14,18H,7-13H2,1H3,(H,22,27)(H,24,26)/t18-,21+/m1/s1. The van der Waals surface area contributed by atoms with Crippen LogP contribution in [0.2, 0.25) is 0 Å². The number of fused-ring (bicyclic) bond motifs is 1. The van der Waals surface area contributed by atoms with Crippen molar-refractivity contribution < 1.29 is 9.59 Å². The topological polar surface area (TPSA) is 74.3 Å². The fraction of sp³-hybridized carbons (Fsp3) is 0.476. The van der Waals surface area contributed by atoms with Crippen LogP contribution in [0.4, 0.5) is 0 Å². The molecular weight excluding hydrogens is 372 g/mol. The number of nitrogens with one attached hydrogen (secondary N) is 2. The lowest BCUT2D eigenvalue weighted by molar-refractivity contribution is -0.144. The van der Waals surface area contributed by atoms with E-state index in [1.165, 1.54) is 4.88 Å². The van der Waals surface area contributed by atoms with E-state index in [2.05, 4.69) is 20.5 Å². The van der Waals surface area contributed by atoms with Gasteiger partial charge in [-0.1, -0.05) is 30.3 Å². The lowest BCUT2D eigenvalue weighted by Gasteiger charge is -2.49. The highest BCUT2D eigenvalue weighted by molar-refractivity contribution is 7.09. The van der Waals surface area contributed by atoms with Crippen LogP contribution >= 0.6 is 11.3 Å². The number of thiazole rings is 1. The first-order chi connectivity index (χ1) is 13.6. The predicted molar refractivity (Wildman–Crippen MR) is 109 cm³/mol. The average molecular weight is 399 g/mol. The molecule has 4 rings (SSSR count). The van der Waals surface area contributed by atoms with Crippen LogP contribution in [-0.2, 0) is 22.7 Å². The van der Waals surface area contributed by atoms with Crippen LogP contribution in [0.3, 0.4) is 0 Å². The molecule has 2 amide bonds. The van der Waals surface area contributed by atoms with Gasteiger partial charge in [0.15, 0.2) is 0 Å². The van der Waals surface area contributed by atoms with Crippen molar-refractivity contribution >= 4 is 23.2 Å². The number of amides is 2. The Labute approximate surface area is 169 Å². The molecule has 0 spiro atoms. The third-order valence-corrected chi connectivity index (χ3v) is 6.92. The maximum atomic E-state index is 13.4. The van der Waals surface area contributed by atoms with Gasteiger partial charge in [-0.15, -0.1) is 11.3 Å². The van der Waals surface area contributed by atoms with Crippen molar-refractivity contribution in [3.63, 3.8) is 0 Å². The molecule has 2 atom stereocenters. The zero-order valence-electron chi connectivity index (χ0n) is 16.1. The van der Waals surface area contributed by atoms with E-state index in [4.69, 9.17) is 0 Å². The van der Waals surface area contributed by atoms with Crippen LogP contribution in [0.25, 0.3) is 0 Å². The summed E-state index contributed by atoms with van der Waals surface area (Å²) in [5.74, 6) is 0.107. The summed E-state index contributed by atoms with van der Waals surface area (Å²) in [6.07, 6.45) is 1.80. The zero-order valence-corrected chi connectivity index (χ0v) is 16.9. The molecule has 28 heavy (non-hydrogen) atoms. The SMILES string of the molecule is Cc1ncsc1CN1CC[C@H]2NC(=O)CC[C@]2(C(=O)NCc2ccccc2)C1. The molecule has 0 saturated carbocycles. The number of carbonyl (C=O) groups excluding carboxylic acids is 2. The number of nitrogens with zero attached hydrogens (tertiary/aromatic N) is 2. The molecule has 1 aromatic heterocycles. The van der Waals surface area contributed by atoms with Crippen LogP contribution in [-0.4, -0.2) is 40.8 Å². The van der Waals surface area contributed by atoms with Gasteiger partial charge < -0.3 is 10.6 Å². The van der Waals surface area contributed by atoms with Gasteiger partial charge in [-0.25, -0.2) is 4.98 Å². The molecule has 2 aliphatic heterocycles. The maximum Gasteiger partial charge on any atom is 0.229 e. The quantitative estimate of drug-likeness (QED) is 0.810. The van der Waals surface area contributed by atoms with E-state index in [0.717, 1.165) is 30.8 Å². The molecule has 148 valence electrons. The summed E-state index contributed by atoms with van der Waals surface area (Å²) in [6.45, 7) is 4.88. The van der Waals surface area contributed by atoms with E-state index in [9.17, 15) is 9.59 Å². The van der Waals surface area contributed by atoms with E-state index in [0.29, 0.717) is 25.9 Å². The first kappa shape index (κ1) is 19.1. The van der Waals surface area contributed by atoms with Crippen molar-refractivity contribution in [1.29, 1.82) is 0 Å². The van der Waals surface area contributed by atoms with Crippen LogP contribution in [0.1, 0.15) is 35.4 Å². The van der Waals surface area contributed by atoms with Gasteiger partial charge in [-0.2, -0.15) is 0 Å². The van der Waals surface area contributed by atoms with E-state index < -0.39 is 5.41 Å². The number of piperidine rings is 2. The van der Waals surface area contributed by atoms with Crippen LogP contribution in [0.15, 0.2) is 35.8 Å². The molecule has 0 aliphatic carbocycles. The Balaban J connectivity index is 1.51. The Morgan fingerprint density at radius 1 is 1.39 bits per heavy atom. The van der Waals surface area contributed by atoms with Gasteiger partial charge in [0.2, 0.25) is 11.8 Å². The summed E-state index contributed by atoms with van der Waals surface area (Å²) in [6, 6.07) is 9.85. The Morgan fingerprint density at radius 2 is 2.21 bits per heavy atom. The molecule has 1 aromatic carbocycles. The number of likely N-dealkylation sites (tertiary alicyclic amines) is 1. The van der Waals surface area contributed by atoms with E-state index in [1.54, 1.807) is 11.3 Å². The molecular formula is C21H26N4O2S. The van der Waals surface area contributed by atoms with Crippen LogP contribution in [0.5, 0.6) is 0 Å². The van der Waals surface area contributed by atoms with Gasteiger partial charge in [0.05, 0.1) is 16.6 Å². The highest BCUT2D eigenvalue weighted by atomic mass is 32.1. The Kier molecular flexibility index (Phi) is 5.46. The minimum Gasteiger partial charge on any atom is -0.352 e. The second kappa shape index (κ2) is 8.01. The fourth-order valence-corrected chi connectivity index (χ4v) is 5.18. The average Bonchev–Trinajstić information content (AvgIpc) is 3.11. The summed E-state index contributed by atoms with van der Waals surface area (Å²) in [4.78, 5) is 33.3. The predicted octanol–water partition coefficient (Wildman–Crippen LogP) is 2.24. The smallest absolute Gasteiger partial charge is 0.229 e. The molecule has 2 aliphatic rings. The molecule has 0 bridgehead atoms. The Bertz CT molecular complexity index is 853. The van der Waals surface area contributed by atoms with Crippen molar-refractivity contribution in [3.8, 4) is 0 Å². The van der Waals surface area contributed by atoms with Gasteiger partial charge in [0.1, 0.15) is 0 Å². The second-order valence-corrected chi connectivity index (χ2v) is 8.74. The molecule has 2 fully saturated rings. The molecule has 6 nitrogen and oxygen atoms in total. The van der Waals surface area contributed by atoms with Crippen molar-refractivity contribution in [2.24, 2.45) is 5.41 Å². The van der Waals surface area contributed by atoms with Crippen molar-refractivity contribution in [2.45, 2.75) is 45.3 Å². The number of rotatable bonds is 5. The van der Waals surface area contributed by atoms with E-state index in [-0.39, 0.29) is 17.9 Å². The lowest BCUT2D eigenvalue weighted by atomic mass is 9.69. The fourth-order valence-electron chi connectivity index (χ4n) is 4.36. The van der Waals surface area contributed by atoms with E-state index in [1.807, 2.05) is 42.8 Å². The molecule has 0 unspecified atom stereocenters. The van der Waals surface area contributed by atoms with Gasteiger partial charge in [-0.3, -0.25) is 14.5 Å². The number of hydrogen-bond acceptors (Lipinski definition) is 5. The van der Waals surface area contributed by atoms with Crippen LogP contribution in [0, 0.1) is 12.3 Å².